The standard InChI is InChI=1S/C20H24N2O/c1-16(2)21(14-17-8-4-3-5-9-17)15-20(23)22-13-12-18-10-6-7-11-19(18)22/h3-11,16H,12-15H2,1-2H3. The van der Waals surface area contributed by atoms with Crippen LogP contribution >= 0.6 is 0 Å². The van der Waals surface area contributed by atoms with Gasteiger partial charge in [0.05, 0.1) is 6.54 Å². The first-order valence-corrected chi connectivity index (χ1v) is 8.31. The van der Waals surface area contributed by atoms with Crippen molar-refractivity contribution in [3.63, 3.8) is 0 Å². The van der Waals surface area contributed by atoms with Gasteiger partial charge >= 0.3 is 0 Å². The van der Waals surface area contributed by atoms with E-state index in [0.717, 1.165) is 25.2 Å². The molecule has 1 amide bonds. The summed E-state index contributed by atoms with van der Waals surface area (Å²) < 4.78 is 0. The maximum absolute atomic E-state index is 12.8. The zero-order valence-electron chi connectivity index (χ0n) is 13.9. The van der Waals surface area contributed by atoms with Crippen LogP contribution in [0, 0.1) is 0 Å². The minimum atomic E-state index is 0.194. The summed E-state index contributed by atoms with van der Waals surface area (Å²) >= 11 is 0. The maximum Gasteiger partial charge on any atom is 0.241 e. The number of para-hydroxylation sites is 1. The second-order valence-corrected chi connectivity index (χ2v) is 6.41. The molecule has 0 spiro atoms. The van der Waals surface area contributed by atoms with Gasteiger partial charge in [-0.05, 0) is 37.5 Å². The summed E-state index contributed by atoms with van der Waals surface area (Å²) in [5, 5.41) is 0. The number of hydrogen-bond donors (Lipinski definition) is 0. The number of carbonyl (C=O) groups excluding carboxylic acids is 1. The largest absolute Gasteiger partial charge is 0.311 e. The molecule has 0 atom stereocenters. The van der Waals surface area contributed by atoms with Crippen LogP contribution in [0.2, 0.25) is 0 Å². The van der Waals surface area contributed by atoms with Crippen LogP contribution in [0.5, 0.6) is 0 Å². The van der Waals surface area contributed by atoms with Crippen molar-refractivity contribution in [1.29, 1.82) is 0 Å². The van der Waals surface area contributed by atoms with E-state index in [0.29, 0.717) is 12.6 Å². The lowest BCUT2D eigenvalue weighted by Gasteiger charge is -2.28. The van der Waals surface area contributed by atoms with Crippen molar-refractivity contribution >= 4 is 11.6 Å². The highest BCUT2D eigenvalue weighted by Gasteiger charge is 2.26. The molecule has 0 N–H and O–H groups in total. The van der Waals surface area contributed by atoms with E-state index in [-0.39, 0.29) is 5.91 Å². The highest BCUT2D eigenvalue weighted by Crippen LogP contribution is 2.27. The lowest BCUT2D eigenvalue weighted by molar-refractivity contribution is -0.120. The van der Waals surface area contributed by atoms with E-state index in [4.69, 9.17) is 0 Å². The molecule has 3 rings (SSSR count). The lowest BCUT2D eigenvalue weighted by atomic mass is 10.2. The first-order valence-electron chi connectivity index (χ1n) is 8.31. The SMILES string of the molecule is CC(C)N(CC(=O)N1CCc2ccccc21)Cc1ccccc1. The Morgan fingerprint density at radius 1 is 1.09 bits per heavy atom. The minimum Gasteiger partial charge on any atom is -0.311 e. The van der Waals surface area contributed by atoms with Crippen molar-refractivity contribution in [3.05, 3.63) is 65.7 Å². The van der Waals surface area contributed by atoms with Crippen LogP contribution in [0.4, 0.5) is 5.69 Å². The number of nitrogens with zero attached hydrogens (tertiary/aromatic N) is 2. The highest BCUT2D eigenvalue weighted by molar-refractivity contribution is 5.96. The predicted octanol–water partition coefficient (Wildman–Crippen LogP) is 3.49. The normalized spacial score (nSPS) is 13.7. The third-order valence-electron chi connectivity index (χ3n) is 4.49. The van der Waals surface area contributed by atoms with Crippen LogP contribution in [0.25, 0.3) is 0 Å². The number of anilines is 1. The van der Waals surface area contributed by atoms with Crippen molar-refractivity contribution in [3.8, 4) is 0 Å². The van der Waals surface area contributed by atoms with Gasteiger partial charge in [-0.3, -0.25) is 9.69 Å². The van der Waals surface area contributed by atoms with Gasteiger partial charge in [0.15, 0.2) is 0 Å². The van der Waals surface area contributed by atoms with Crippen LogP contribution in [0.15, 0.2) is 54.6 Å². The lowest BCUT2D eigenvalue weighted by Crippen LogP contribution is -2.42. The molecule has 0 unspecified atom stereocenters. The highest BCUT2D eigenvalue weighted by atomic mass is 16.2. The Bertz CT molecular complexity index is 666. The minimum absolute atomic E-state index is 0.194. The molecule has 3 nitrogen and oxygen atoms in total. The van der Waals surface area contributed by atoms with Crippen molar-refractivity contribution in [1.82, 2.24) is 4.90 Å². The van der Waals surface area contributed by atoms with Crippen molar-refractivity contribution in [2.75, 3.05) is 18.0 Å². The number of amides is 1. The fourth-order valence-electron chi connectivity index (χ4n) is 3.10. The van der Waals surface area contributed by atoms with E-state index in [1.54, 1.807) is 0 Å². The van der Waals surface area contributed by atoms with E-state index >= 15 is 0 Å². The first kappa shape index (κ1) is 15.8. The van der Waals surface area contributed by atoms with E-state index < -0.39 is 0 Å². The third-order valence-corrected chi connectivity index (χ3v) is 4.49. The van der Waals surface area contributed by atoms with Gasteiger partial charge in [0, 0.05) is 24.8 Å². The molecule has 0 aromatic heterocycles. The Labute approximate surface area is 138 Å². The Morgan fingerprint density at radius 2 is 1.78 bits per heavy atom. The van der Waals surface area contributed by atoms with Gasteiger partial charge in [-0.15, -0.1) is 0 Å². The molecule has 23 heavy (non-hydrogen) atoms. The zero-order chi connectivity index (χ0) is 16.2. The monoisotopic (exact) mass is 308 g/mol. The summed E-state index contributed by atoms with van der Waals surface area (Å²) in [7, 11) is 0. The molecule has 0 aliphatic carbocycles. The smallest absolute Gasteiger partial charge is 0.241 e. The van der Waals surface area contributed by atoms with E-state index in [2.05, 4.69) is 43.0 Å². The number of carbonyl (C=O) groups is 1. The molecule has 0 bridgehead atoms. The van der Waals surface area contributed by atoms with Crippen molar-refractivity contribution in [2.24, 2.45) is 0 Å². The molecule has 0 fully saturated rings. The van der Waals surface area contributed by atoms with Crippen LogP contribution in [-0.2, 0) is 17.8 Å². The topological polar surface area (TPSA) is 23.6 Å². The predicted molar refractivity (Wildman–Crippen MR) is 94.5 cm³/mol. The molecular formula is C20H24N2O. The van der Waals surface area contributed by atoms with Crippen LogP contribution in [-0.4, -0.2) is 29.9 Å². The van der Waals surface area contributed by atoms with E-state index in [9.17, 15) is 4.79 Å². The molecule has 2 aromatic rings. The Kier molecular flexibility index (Phi) is 4.77. The molecule has 0 radical (unpaired) electrons. The molecule has 1 aliphatic rings. The summed E-state index contributed by atoms with van der Waals surface area (Å²) in [5.41, 5.74) is 3.61. The van der Waals surface area contributed by atoms with Gasteiger partial charge < -0.3 is 4.90 Å². The molecule has 1 aliphatic heterocycles. The second-order valence-electron chi connectivity index (χ2n) is 6.41. The van der Waals surface area contributed by atoms with Crippen LogP contribution in [0.1, 0.15) is 25.0 Å². The number of hydrogen-bond acceptors (Lipinski definition) is 2. The van der Waals surface area contributed by atoms with Gasteiger partial charge in [0.1, 0.15) is 0 Å². The molecule has 1 heterocycles. The first-order chi connectivity index (χ1) is 11.1. The summed E-state index contributed by atoms with van der Waals surface area (Å²) in [4.78, 5) is 17.0. The average Bonchev–Trinajstić information content (AvgIpc) is 2.99. The zero-order valence-corrected chi connectivity index (χ0v) is 13.9. The van der Waals surface area contributed by atoms with Crippen LogP contribution in [0.3, 0.4) is 0 Å². The molecule has 0 saturated heterocycles. The van der Waals surface area contributed by atoms with Gasteiger partial charge in [-0.25, -0.2) is 0 Å². The molecular weight excluding hydrogens is 284 g/mol. The summed E-state index contributed by atoms with van der Waals surface area (Å²) in [6, 6.07) is 18.9. The summed E-state index contributed by atoms with van der Waals surface area (Å²) in [6.45, 7) is 6.36. The fourth-order valence-corrected chi connectivity index (χ4v) is 3.10. The maximum atomic E-state index is 12.8. The van der Waals surface area contributed by atoms with Gasteiger partial charge in [0.2, 0.25) is 5.91 Å². The van der Waals surface area contributed by atoms with Gasteiger partial charge in [-0.2, -0.15) is 0 Å². The summed E-state index contributed by atoms with van der Waals surface area (Å²) in [5.74, 6) is 0.194. The average molecular weight is 308 g/mol. The quantitative estimate of drug-likeness (QED) is 0.844. The fraction of sp³-hybridized carbons (Fsp3) is 0.350. The molecule has 2 aromatic carbocycles. The molecule has 0 saturated carbocycles. The molecule has 120 valence electrons. The van der Waals surface area contributed by atoms with E-state index in [1.807, 2.05) is 35.2 Å². The summed E-state index contributed by atoms with van der Waals surface area (Å²) in [6.07, 6.45) is 0.961. The van der Waals surface area contributed by atoms with Crippen molar-refractivity contribution < 1.29 is 4.79 Å². The van der Waals surface area contributed by atoms with Crippen LogP contribution < -0.4 is 4.90 Å². The van der Waals surface area contributed by atoms with Gasteiger partial charge in [-0.1, -0.05) is 48.5 Å². The Hall–Kier alpha value is -2.13. The Morgan fingerprint density at radius 3 is 2.52 bits per heavy atom. The van der Waals surface area contributed by atoms with E-state index in [1.165, 1.54) is 11.1 Å². The number of rotatable bonds is 5. The second kappa shape index (κ2) is 6.97. The molecule has 3 heteroatoms. The number of benzene rings is 2. The third kappa shape index (κ3) is 3.62. The number of fused-ring (bicyclic) bond motifs is 1. The van der Waals surface area contributed by atoms with Crippen molar-refractivity contribution in [2.45, 2.75) is 32.9 Å². The van der Waals surface area contributed by atoms with Gasteiger partial charge in [0.25, 0.3) is 0 Å². The Balaban J connectivity index is 1.70.